The maximum atomic E-state index is 10.3. The zero-order valence-electron chi connectivity index (χ0n) is 48.2. The van der Waals surface area contributed by atoms with Crippen LogP contribution in [0.5, 0.6) is 0 Å². The van der Waals surface area contributed by atoms with Gasteiger partial charge in [0.05, 0.1) is 39.2 Å². The van der Waals surface area contributed by atoms with Gasteiger partial charge in [-0.05, 0) is 97.1 Å². The van der Waals surface area contributed by atoms with E-state index in [4.69, 9.17) is 0 Å². The van der Waals surface area contributed by atoms with Crippen LogP contribution in [-0.4, -0.2) is 104 Å². The summed E-state index contributed by atoms with van der Waals surface area (Å²) in [5.74, 6) is 0. The van der Waals surface area contributed by atoms with Crippen molar-refractivity contribution in [1.29, 1.82) is 0 Å². The first-order valence-electron chi connectivity index (χ1n) is 20.9. The van der Waals surface area contributed by atoms with E-state index in [-0.39, 0.29) is 450 Å². The summed E-state index contributed by atoms with van der Waals surface area (Å²) >= 11 is 0. The average Bonchev–Trinajstić information content (AvgIpc) is 3.40. The van der Waals surface area contributed by atoms with Crippen molar-refractivity contribution in [1.82, 2.24) is 0 Å². The molecule has 88 heavy (non-hydrogen) atoms. The SMILES string of the molecule is O=S(=O)([O-])c1ccccc1.O=S(=O)([O-])c1ccccc1.O=S(=O)([O-])c1ccccc1.O=S(=O)([O-])c1ccccc1.O=S(=O)([O-])c1ccccc1.O=S(=O)([O-])c1ccccc1.O=S(=O)([O-])c1ccccc1.O=S(=O)([O-])c1ccccc1.[K+].[K+].[K+].[K+].[K+].[K+].[K+].[K+]. The third-order valence-corrected chi connectivity index (χ3v) is 15.1. The van der Waals surface area contributed by atoms with Crippen LogP contribution in [0.1, 0.15) is 0 Å². The Kier molecular flexibility index (Phi) is 70.8. The standard InChI is InChI=1S/8C6H6O3S.8K/c8*7-10(8,9)6-4-2-1-3-5-6;;;;;;;;/h8*1-5H,(H,7,8,9);;;;;;;;/q;;;;;;;;8*+1/p-8. The molecule has 0 N–H and O–H groups in total. The molecule has 0 amide bonds. The summed E-state index contributed by atoms with van der Waals surface area (Å²) in [4.78, 5) is -1.48. The summed E-state index contributed by atoms with van der Waals surface area (Å²) < 4.78 is 247. The quantitative estimate of drug-likeness (QED) is 0.101. The molecule has 0 atom stereocenters. The first-order chi connectivity index (χ1) is 36.8. The molecule has 24 nitrogen and oxygen atoms in total. The fraction of sp³-hybridized carbons (Fsp3) is 0. The molecule has 40 heteroatoms. The Bertz CT molecular complexity index is 3260. The van der Waals surface area contributed by atoms with Gasteiger partial charge in [-0.3, -0.25) is 0 Å². The molecule has 432 valence electrons. The van der Waals surface area contributed by atoms with Crippen LogP contribution in [0.4, 0.5) is 0 Å². The maximum absolute atomic E-state index is 10.3. The van der Waals surface area contributed by atoms with E-state index in [0.29, 0.717) is 0 Å². The van der Waals surface area contributed by atoms with Crippen molar-refractivity contribution in [3.63, 3.8) is 0 Å². The molecule has 0 aromatic heterocycles. The number of hydrogen-bond donors (Lipinski definition) is 0. The van der Waals surface area contributed by atoms with Gasteiger partial charge in [0, 0.05) is 0 Å². The molecule has 0 aliphatic rings. The van der Waals surface area contributed by atoms with Crippen molar-refractivity contribution >= 4 is 80.9 Å². The Morgan fingerprint density at radius 1 is 0.136 bits per heavy atom. The molecular formula is C48H40K8O24S8. The van der Waals surface area contributed by atoms with Crippen LogP contribution < -0.4 is 411 Å². The van der Waals surface area contributed by atoms with Gasteiger partial charge >= 0.3 is 411 Å². The molecule has 8 aromatic carbocycles. The molecule has 8 rings (SSSR count). The summed E-state index contributed by atoms with van der Waals surface area (Å²) in [6, 6.07) is 57.5. The topological polar surface area (TPSA) is 458 Å². The van der Waals surface area contributed by atoms with Gasteiger partial charge in [-0.25, -0.2) is 67.3 Å². The van der Waals surface area contributed by atoms with Crippen LogP contribution in [0.15, 0.2) is 282 Å². The van der Waals surface area contributed by atoms with Crippen molar-refractivity contribution < 1.29 is 515 Å². The summed E-state index contributed by atoms with van der Waals surface area (Å²) in [6.07, 6.45) is 0. The Balaban J connectivity index is -0.000000137. The van der Waals surface area contributed by atoms with Crippen LogP contribution in [0.2, 0.25) is 0 Å². The van der Waals surface area contributed by atoms with Crippen molar-refractivity contribution in [2.75, 3.05) is 0 Å². The van der Waals surface area contributed by atoms with Gasteiger partial charge in [-0.1, -0.05) is 146 Å². The van der Waals surface area contributed by atoms with E-state index in [0.717, 1.165) is 0 Å². The third-order valence-electron chi connectivity index (χ3n) is 8.26. The fourth-order valence-electron chi connectivity index (χ4n) is 4.70. The summed E-state index contributed by atoms with van der Waals surface area (Å²) in [5.41, 5.74) is 0. The van der Waals surface area contributed by atoms with Gasteiger partial charge in [0.2, 0.25) is 0 Å². The van der Waals surface area contributed by atoms with E-state index < -0.39 is 80.9 Å². The van der Waals surface area contributed by atoms with E-state index in [1.165, 1.54) is 194 Å². The Hall–Kier alpha value is 6.13. The van der Waals surface area contributed by atoms with Crippen LogP contribution in [0.25, 0.3) is 0 Å². The molecule has 0 fully saturated rings. The van der Waals surface area contributed by atoms with Crippen LogP contribution in [-0.2, 0) is 80.9 Å². The van der Waals surface area contributed by atoms with Crippen LogP contribution >= 0.6 is 0 Å². The second kappa shape index (κ2) is 56.6. The molecule has 0 saturated carbocycles. The molecule has 0 bridgehead atoms. The minimum atomic E-state index is -4.25. The molecule has 0 saturated heterocycles. The second-order valence-electron chi connectivity index (χ2n) is 14.1. The van der Waals surface area contributed by atoms with Crippen molar-refractivity contribution in [2.24, 2.45) is 0 Å². The van der Waals surface area contributed by atoms with Crippen LogP contribution in [0.3, 0.4) is 0 Å². The summed E-state index contributed by atoms with van der Waals surface area (Å²) in [5, 5.41) is 0. The Morgan fingerprint density at radius 2 is 0.193 bits per heavy atom. The minimum absolute atomic E-state index is 0. The Labute approximate surface area is 854 Å². The molecule has 0 unspecified atom stereocenters. The predicted molar refractivity (Wildman–Crippen MR) is 275 cm³/mol. The van der Waals surface area contributed by atoms with Crippen molar-refractivity contribution in [2.45, 2.75) is 39.2 Å². The van der Waals surface area contributed by atoms with Gasteiger partial charge in [0.15, 0.2) is 0 Å². The van der Waals surface area contributed by atoms with Crippen molar-refractivity contribution in [3.8, 4) is 0 Å². The van der Waals surface area contributed by atoms with Crippen molar-refractivity contribution in [3.05, 3.63) is 243 Å². The monoisotopic (exact) mass is 1570 g/mol. The van der Waals surface area contributed by atoms with Gasteiger partial charge < -0.3 is 36.4 Å². The molecule has 0 spiro atoms. The maximum Gasteiger partial charge on any atom is 1.00 e. The van der Waals surface area contributed by atoms with E-state index in [1.807, 2.05) is 0 Å². The molecule has 0 radical (unpaired) electrons. The summed E-state index contributed by atoms with van der Waals surface area (Å²) in [6.45, 7) is 0. The van der Waals surface area contributed by atoms with Crippen LogP contribution in [0, 0.1) is 0 Å². The predicted octanol–water partition coefficient (Wildman–Crippen LogP) is -19.2. The van der Waals surface area contributed by atoms with Gasteiger partial charge in [0.1, 0.15) is 80.9 Å². The summed E-state index contributed by atoms with van der Waals surface area (Å²) in [7, 11) is -34.0. The normalized spacial score (nSPS) is 10.3. The number of rotatable bonds is 8. The number of benzene rings is 8. The second-order valence-corrected chi connectivity index (χ2v) is 25.2. The molecule has 0 aliphatic carbocycles. The molecular weight excluding hydrogens is 1530 g/mol. The Morgan fingerprint density at radius 3 is 0.227 bits per heavy atom. The molecule has 8 aromatic rings. The number of hydrogen-bond acceptors (Lipinski definition) is 24. The first-order valence-corrected chi connectivity index (χ1v) is 32.2. The zero-order valence-corrected chi connectivity index (χ0v) is 79.7. The van der Waals surface area contributed by atoms with Gasteiger partial charge in [-0.15, -0.1) is 0 Å². The smallest absolute Gasteiger partial charge is 0.744 e. The minimum Gasteiger partial charge on any atom is -0.744 e. The first kappa shape index (κ1) is 110. The van der Waals surface area contributed by atoms with Gasteiger partial charge in [-0.2, -0.15) is 0 Å². The zero-order chi connectivity index (χ0) is 60.9. The third kappa shape index (κ3) is 54.8. The van der Waals surface area contributed by atoms with E-state index in [9.17, 15) is 104 Å². The van der Waals surface area contributed by atoms with E-state index >= 15 is 0 Å². The fourth-order valence-corrected chi connectivity index (χ4v) is 8.62. The average molecular weight is 1570 g/mol. The van der Waals surface area contributed by atoms with E-state index in [2.05, 4.69) is 0 Å². The largest absolute Gasteiger partial charge is 1.00 e. The van der Waals surface area contributed by atoms with E-state index in [1.54, 1.807) is 48.5 Å². The molecule has 0 heterocycles. The molecule has 0 aliphatic heterocycles. The van der Waals surface area contributed by atoms with Gasteiger partial charge in [0.25, 0.3) is 0 Å².